The maximum Gasteiger partial charge on any atom is 0.194 e. The SMILES string of the molecule is C=C/N=C1/NN=C/C1=C(/N)O. The number of amidine groups is 1. The van der Waals surface area contributed by atoms with E-state index in [1.807, 2.05) is 0 Å². The minimum Gasteiger partial charge on any atom is -0.494 e. The van der Waals surface area contributed by atoms with Gasteiger partial charge in [0.05, 0.1) is 11.8 Å². The van der Waals surface area contributed by atoms with Crippen LogP contribution in [0.5, 0.6) is 0 Å². The highest BCUT2D eigenvalue weighted by Gasteiger charge is 2.12. The van der Waals surface area contributed by atoms with Gasteiger partial charge in [0.2, 0.25) is 0 Å². The molecule has 4 N–H and O–H groups in total. The fraction of sp³-hybridized carbons (Fsp3) is 0. The standard InChI is InChI=1S/C6H8N4O/c1-2-8-6-4(5(7)11)3-9-10-6/h2-3,11H,1,7H2,(H,8,10)/b5-4+. The predicted octanol–water partition coefficient (Wildman–Crippen LogP) is -0.154. The molecule has 11 heavy (non-hydrogen) atoms. The number of aliphatic hydroxyl groups is 1. The first kappa shape index (κ1) is 7.33. The van der Waals surface area contributed by atoms with Crippen molar-refractivity contribution in [1.82, 2.24) is 5.43 Å². The Morgan fingerprint density at radius 1 is 1.91 bits per heavy atom. The van der Waals surface area contributed by atoms with E-state index >= 15 is 0 Å². The third-order valence-electron chi connectivity index (χ3n) is 1.12. The van der Waals surface area contributed by atoms with Crippen molar-refractivity contribution >= 4 is 12.1 Å². The molecule has 0 aliphatic carbocycles. The maximum atomic E-state index is 8.86. The largest absolute Gasteiger partial charge is 0.494 e. The van der Waals surface area contributed by atoms with Crippen LogP contribution in [-0.2, 0) is 0 Å². The number of hydrogen-bond donors (Lipinski definition) is 3. The lowest BCUT2D eigenvalue weighted by Gasteiger charge is -1.96. The van der Waals surface area contributed by atoms with Crippen LogP contribution in [0.25, 0.3) is 0 Å². The van der Waals surface area contributed by atoms with Crippen molar-refractivity contribution in [3.8, 4) is 0 Å². The fourth-order valence-corrected chi connectivity index (χ4v) is 0.656. The monoisotopic (exact) mass is 152 g/mol. The lowest BCUT2D eigenvalue weighted by Crippen LogP contribution is -2.16. The summed E-state index contributed by atoms with van der Waals surface area (Å²) in [5.74, 6) is 0.0966. The molecule has 58 valence electrons. The average molecular weight is 152 g/mol. The molecule has 0 aromatic carbocycles. The van der Waals surface area contributed by atoms with Gasteiger partial charge in [-0.1, -0.05) is 6.58 Å². The van der Waals surface area contributed by atoms with Crippen molar-refractivity contribution in [2.75, 3.05) is 0 Å². The molecule has 0 saturated carbocycles. The summed E-state index contributed by atoms with van der Waals surface area (Å²) in [7, 11) is 0. The van der Waals surface area contributed by atoms with Gasteiger partial charge in [0.25, 0.3) is 0 Å². The van der Waals surface area contributed by atoms with Crippen LogP contribution in [-0.4, -0.2) is 17.2 Å². The number of hydrazone groups is 1. The van der Waals surface area contributed by atoms with E-state index in [4.69, 9.17) is 10.8 Å². The van der Waals surface area contributed by atoms with Crippen molar-refractivity contribution < 1.29 is 5.11 Å². The summed E-state index contributed by atoms with van der Waals surface area (Å²) in [6.07, 6.45) is 2.72. The van der Waals surface area contributed by atoms with Crippen LogP contribution >= 0.6 is 0 Å². The molecule has 0 bridgehead atoms. The van der Waals surface area contributed by atoms with Crippen LogP contribution in [0.15, 0.2) is 34.3 Å². The third-order valence-corrected chi connectivity index (χ3v) is 1.12. The van der Waals surface area contributed by atoms with Crippen molar-refractivity contribution in [2.45, 2.75) is 0 Å². The van der Waals surface area contributed by atoms with Gasteiger partial charge in [0, 0.05) is 6.20 Å². The van der Waals surface area contributed by atoms with Gasteiger partial charge in [-0.05, 0) is 0 Å². The van der Waals surface area contributed by atoms with Crippen molar-refractivity contribution in [3.63, 3.8) is 0 Å². The van der Waals surface area contributed by atoms with Gasteiger partial charge in [0.1, 0.15) is 0 Å². The van der Waals surface area contributed by atoms with E-state index in [-0.39, 0.29) is 5.88 Å². The van der Waals surface area contributed by atoms with E-state index in [2.05, 4.69) is 22.1 Å². The van der Waals surface area contributed by atoms with E-state index in [0.717, 1.165) is 0 Å². The number of nitrogens with two attached hydrogens (primary N) is 1. The minimum absolute atomic E-state index is 0.306. The molecular formula is C6H8N4O. The van der Waals surface area contributed by atoms with Crippen molar-refractivity contribution in [2.24, 2.45) is 15.8 Å². The molecule has 1 aliphatic rings. The second kappa shape index (κ2) is 2.87. The molecule has 1 rings (SSSR count). The number of nitrogens with one attached hydrogen (secondary N) is 1. The zero-order valence-corrected chi connectivity index (χ0v) is 5.78. The maximum absolute atomic E-state index is 8.86. The van der Waals surface area contributed by atoms with Gasteiger partial charge in [-0.3, -0.25) is 5.43 Å². The molecule has 0 unspecified atom stereocenters. The highest BCUT2D eigenvalue weighted by atomic mass is 16.3. The van der Waals surface area contributed by atoms with E-state index in [1.165, 1.54) is 12.4 Å². The number of aliphatic imine (C=N–C) groups is 1. The Morgan fingerprint density at radius 2 is 2.64 bits per heavy atom. The van der Waals surface area contributed by atoms with Gasteiger partial charge >= 0.3 is 0 Å². The van der Waals surface area contributed by atoms with Gasteiger partial charge in [-0.25, -0.2) is 4.99 Å². The first-order valence-corrected chi connectivity index (χ1v) is 2.92. The molecule has 1 aliphatic heterocycles. The number of aliphatic hydroxyl groups excluding tert-OH is 1. The van der Waals surface area contributed by atoms with E-state index in [1.54, 1.807) is 0 Å². The lowest BCUT2D eigenvalue weighted by molar-refractivity contribution is 0.404. The second-order valence-electron chi connectivity index (χ2n) is 1.83. The smallest absolute Gasteiger partial charge is 0.194 e. The van der Waals surface area contributed by atoms with Gasteiger partial charge in [-0.2, -0.15) is 5.10 Å². The van der Waals surface area contributed by atoms with E-state index in [9.17, 15) is 0 Å². The van der Waals surface area contributed by atoms with Crippen LogP contribution in [0, 0.1) is 0 Å². The number of hydrogen-bond acceptors (Lipinski definition) is 4. The Kier molecular flexibility index (Phi) is 1.91. The molecule has 0 aromatic heterocycles. The Morgan fingerprint density at radius 3 is 3.18 bits per heavy atom. The third kappa shape index (κ3) is 1.37. The topological polar surface area (TPSA) is 83.0 Å². The first-order valence-electron chi connectivity index (χ1n) is 2.92. The van der Waals surface area contributed by atoms with Gasteiger partial charge in [-0.15, -0.1) is 0 Å². The Bertz CT molecular complexity index is 260. The van der Waals surface area contributed by atoms with Crippen LogP contribution in [0.4, 0.5) is 0 Å². The molecule has 5 nitrogen and oxygen atoms in total. The van der Waals surface area contributed by atoms with Crippen LogP contribution in [0.3, 0.4) is 0 Å². The van der Waals surface area contributed by atoms with Crippen LogP contribution in [0.2, 0.25) is 0 Å². The summed E-state index contributed by atoms with van der Waals surface area (Å²) < 4.78 is 0. The molecule has 0 fully saturated rings. The molecule has 0 radical (unpaired) electrons. The molecule has 0 aromatic rings. The zero-order valence-electron chi connectivity index (χ0n) is 5.78. The van der Waals surface area contributed by atoms with Crippen LogP contribution in [0.1, 0.15) is 0 Å². The predicted molar refractivity (Wildman–Crippen MR) is 43.1 cm³/mol. The summed E-state index contributed by atoms with van der Waals surface area (Å²) in [4.78, 5) is 3.77. The van der Waals surface area contributed by atoms with Gasteiger partial charge < -0.3 is 10.8 Å². The van der Waals surface area contributed by atoms with E-state index in [0.29, 0.717) is 11.4 Å². The zero-order chi connectivity index (χ0) is 8.27. The lowest BCUT2D eigenvalue weighted by atomic mass is 10.3. The molecule has 5 heteroatoms. The molecule has 1 heterocycles. The summed E-state index contributed by atoms with van der Waals surface area (Å²) in [6.45, 7) is 3.39. The Balaban J connectivity index is 2.98. The second-order valence-corrected chi connectivity index (χ2v) is 1.83. The Hall–Kier alpha value is -1.78. The quantitative estimate of drug-likeness (QED) is 0.457. The van der Waals surface area contributed by atoms with Crippen molar-refractivity contribution in [3.05, 3.63) is 24.2 Å². The summed E-state index contributed by atoms with van der Waals surface area (Å²) in [6, 6.07) is 0. The Labute approximate surface area is 63.6 Å². The first-order chi connectivity index (χ1) is 5.25. The average Bonchev–Trinajstić information content (AvgIpc) is 2.36. The highest BCUT2D eigenvalue weighted by Crippen LogP contribution is 2.01. The minimum atomic E-state index is -0.306. The number of rotatable bonds is 1. The normalized spacial score (nSPS) is 23.5. The molecule has 0 atom stereocenters. The van der Waals surface area contributed by atoms with Crippen molar-refractivity contribution in [1.29, 1.82) is 0 Å². The fourth-order valence-electron chi connectivity index (χ4n) is 0.656. The molecular weight excluding hydrogens is 144 g/mol. The molecule has 0 saturated heterocycles. The highest BCUT2D eigenvalue weighted by molar-refractivity contribution is 6.18. The summed E-state index contributed by atoms with van der Waals surface area (Å²) in [5.41, 5.74) is 8.03. The molecule has 0 spiro atoms. The number of nitrogens with zero attached hydrogens (tertiary/aromatic N) is 2. The van der Waals surface area contributed by atoms with E-state index < -0.39 is 0 Å². The van der Waals surface area contributed by atoms with Gasteiger partial charge in [0.15, 0.2) is 11.7 Å². The summed E-state index contributed by atoms with van der Waals surface area (Å²) in [5, 5.41) is 12.5. The van der Waals surface area contributed by atoms with Crippen LogP contribution < -0.4 is 11.2 Å². The molecule has 0 amide bonds. The summed E-state index contributed by atoms with van der Waals surface area (Å²) >= 11 is 0.